The Balaban J connectivity index is 3.67. The van der Waals surface area contributed by atoms with Crippen molar-refractivity contribution in [3.8, 4) is 0 Å². The minimum Gasteiger partial charge on any atom is -0.313 e. The summed E-state index contributed by atoms with van der Waals surface area (Å²) in [6.07, 6.45) is 1.77. The Morgan fingerprint density at radius 3 is 2.40 bits per heavy atom. The first kappa shape index (κ1) is 9.45. The SMILES string of the molecule is C=C(CC)NNS(C)(=O)=O. The van der Waals surface area contributed by atoms with Gasteiger partial charge in [0.2, 0.25) is 10.0 Å². The van der Waals surface area contributed by atoms with Crippen LogP contribution in [-0.4, -0.2) is 14.7 Å². The van der Waals surface area contributed by atoms with Crippen molar-refractivity contribution in [1.82, 2.24) is 10.3 Å². The summed E-state index contributed by atoms with van der Waals surface area (Å²) in [6.45, 7) is 5.41. The number of allylic oxidation sites excluding steroid dienone is 1. The first-order valence-corrected chi connectivity index (χ1v) is 4.75. The maximum Gasteiger partial charge on any atom is 0.225 e. The van der Waals surface area contributed by atoms with Gasteiger partial charge in [-0.15, -0.1) is 4.83 Å². The molecular weight excluding hydrogens is 152 g/mol. The largest absolute Gasteiger partial charge is 0.313 e. The molecule has 5 heteroatoms. The normalized spacial score (nSPS) is 11.0. The molecule has 0 aliphatic heterocycles. The van der Waals surface area contributed by atoms with Crippen molar-refractivity contribution in [2.75, 3.05) is 6.26 Å². The lowest BCUT2D eigenvalue weighted by molar-refractivity contribution is 0.575. The molecule has 0 saturated carbocycles. The summed E-state index contributed by atoms with van der Waals surface area (Å²) in [5.74, 6) is 0. The number of nitrogens with one attached hydrogen (secondary N) is 2. The number of hydrogen-bond donors (Lipinski definition) is 2. The average molecular weight is 164 g/mol. The van der Waals surface area contributed by atoms with Gasteiger partial charge < -0.3 is 5.43 Å². The first-order chi connectivity index (χ1) is 4.45. The van der Waals surface area contributed by atoms with Gasteiger partial charge in [0.25, 0.3) is 0 Å². The smallest absolute Gasteiger partial charge is 0.225 e. The van der Waals surface area contributed by atoms with Crippen LogP contribution in [0.15, 0.2) is 12.3 Å². The molecule has 0 rings (SSSR count). The summed E-state index contributed by atoms with van der Waals surface area (Å²) in [5, 5.41) is 0. The fraction of sp³-hybridized carbons (Fsp3) is 0.600. The zero-order valence-electron chi connectivity index (χ0n) is 6.14. The minimum absolute atomic E-state index is 0.644. The Kier molecular flexibility index (Phi) is 3.38. The Morgan fingerprint density at radius 2 is 2.10 bits per heavy atom. The zero-order valence-corrected chi connectivity index (χ0v) is 6.96. The van der Waals surface area contributed by atoms with Crippen molar-refractivity contribution >= 4 is 10.0 Å². The van der Waals surface area contributed by atoms with Crippen LogP contribution in [0.25, 0.3) is 0 Å². The minimum atomic E-state index is -3.15. The molecule has 0 spiro atoms. The zero-order chi connectivity index (χ0) is 8.20. The standard InChI is InChI=1S/C5H12N2O2S/c1-4-5(2)6-7-10(3,8)9/h6-7H,2,4H2,1,3H3. The third-order valence-electron chi connectivity index (χ3n) is 0.840. The second-order valence-corrected chi connectivity index (χ2v) is 3.70. The Morgan fingerprint density at radius 1 is 1.60 bits per heavy atom. The molecule has 4 nitrogen and oxygen atoms in total. The number of rotatable bonds is 4. The predicted molar refractivity (Wildman–Crippen MR) is 40.5 cm³/mol. The lowest BCUT2D eigenvalue weighted by Crippen LogP contribution is -2.35. The molecular formula is C5H12N2O2S. The van der Waals surface area contributed by atoms with Crippen LogP contribution in [0.4, 0.5) is 0 Å². The highest BCUT2D eigenvalue weighted by atomic mass is 32.2. The van der Waals surface area contributed by atoms with Gasteiger partial charge in [-0.25, -0.2) is 8.42 Å². The second kappa shape index (κ2) is 3.58. The monoisotopic (exact) mass is 164 g/mol. The molecule has 0 aliphatic rings. The van der Waals surface area contributed by atoms with E-state index in [0.29, 0.717) is 12.1 Å². The van der Waals surface area contributed by atoms with Gasteiger partial charge in [0.15, 0.2) is 0 Å². The number of hydrazine groups is 1. The van der Waals surface area contributed by atoms with Crippen molar-refractivity contribution < 1.29 is 8.42 Å². The van der Waals surface area contributed by atoms with E-state index in [1.54, 1.807) is 0 Å². The van der Waals surface area contributed by atoms with Crippen molar-refractivity contribution in [2.45, 2.75) is 13.3 Å². The highest BCUT2D eigenvalue weighted by Crippen LogP contribution is 1.86. The third-order valence-corrected chi connectivity index (χ3v) is 1.31. The Bertz CT molecular complexity index is 208. The van der Waals surface area contributed by atoms with Gasteiger partial charge in [-0.05, 0) is 6.42 Å². The molecule has 0 aromatic carbocycles. The van der Waals surface area contributed by atoms with Crippen molar-refractivity contribution in [2.24, 2.45) is 0 Å². The topological polar surface area (TPSA) is 58.2 Å². The molecule has 10 heavy (non-hydrogen) atoms. The van der Waals surface area contributed by atoms with E-state index in [1.807, 2.05) is 6.92 Å². The maximum absolute atomic E-state index is 10.4. The van der Waals surface area contributed by atoms with Crippen LogP contribution in [0.3, 0.4) is 0 Å². The fourth-order valence-corrected chi connectivity index (χ4v) is 0.583. The molecule has 0 aromatic rings. The summed E-state index contributed by atoms with van der Waals surface area (Å²) in [6, 6.07) is 0. The van der Waals surface area contributed by atoms with Crippen molar-refractivity contribution in [1.29, 1.82) is 0 Å². The Hall–Kier alpha value is -0.550. The summed E-state index contributed by atoms with van der Waals surface area (Å²) in [5.41, 5.74) is 3.08. The van der Waals surface area contributed by atoms with E-state index in [-0.39, 0.29) is 0 Å². The van der Waals surface area contributed by atoms with Gasteiger partial charge in [0, 0.05) is 5.70 Å². The molecule has 0 radical (unpaired) electrons. The van der Waals surface area contributed by atoms with Gasteiger partial charge in [-0.2, -0.15) is 0 Å². The van der Waals surface area contributed by atoms with Crippen LogP contribution in [0.2, 0.25) is 0 Å². The van der Waals surface area contributed by atoms with Crippen LogP contribution in [0.5, 0.6) is 0 Å². The van der Waals surface area contributed by atoms with Gasteiger partial charge in [-0.1, -0.05) is 13.5 Å². The molecule has 0 fully saturated rings. The molecule has 60 valence electrons. The average Bonchev–Trinajstić information content (AvgIpc) is 1.81. The molecule has 0 bridgehead atoms. The van der Waals surface area contributed by atoms with Gasteiger partial charge in [-0.3, -0.25) is 0 Å². The van der Waals surface area contributed by atoms with Gasteiger partial charge in [0.05, 0.1) is 6.26 Å². The van der Waals surface area contributed by atoms with E-state index in [1.165, 1.54) is 0 Å². The fourth-order valence-electron chi connectivity index (χ4n) is 0.253. The summed E-state index contributed by atoms with van der Waals surface area (Å²) < 4.78 is 20.9. The van der Waals surface area contributed by atoms with Crippen LogP contribution in [0.1, 0.15) is 13.3 Å². The number of hydrogen-bond acceptors (Lipinski definition) is 3. The number of sulfonamides is 1. The molecule has 0 amide bonds. The van der Waals surface area contributed by atoms with Crippen molar-refractivity contribution in [3.05, 3.63) is 12.3 Å². The molecule has 0 atom stereocenters. The second-order valence-electron chi connectivity index (χ2n) is 1.96. The van der Waals surface area contributed by atoms with Crippen LogP contribution in [0, 0.1) is 0 Å². The molecule has 0 aromatic heterocycles. The quantitative estimate of drug-likeness (QED) is 0.573. The molecule has 0 unspecified atom stereocenters. The Labute approximate surface area is 61.3 Å². The summed E-state index contributed by atoms with van der Waals surface area (Å²) in [7, 11) is -3.15. The molecule has 2 N–H and O–H groups in total. The van der Waals surface area contributed by atoms with E-state index in [9.17, 15) is 8.42 Å². The summed E-state index contributed by atoms with van der Waals surface area (Å²) in [4.78, 5) is 2.10. The third kappa shape index (κ3) is 5.58. The van der Waals surface area contributed by atoms with Crippen LogP contribution < -0.4 is 10.3 Å². The highest BCUT2D eigenvalue weighted by Gasteiger charge is 1.97. The van der Waals surface area contributed by atoms with E-state index >= 15 is 0 Å². The van der Waals surface area contributed by atoms with E-state index in [4.69, 9.17) is 0 Å². The lowest BCUT2D eigenvalue weighted by Gasteiger charge is -2.05. The van der Waals surface area contributed by atoms with Gasteiger partial charge in [0.1, 0.15) is 0 Å². The first-order valence-electron chi connectivity index (χ1n) is 2.86. The van der Waals surface area contributed by atoms with E-state index in [2.05, 4.69) is 16.8 Å². The van der Waals surface area contributed by atoms with Crippen molar-refractivity contribution in [3.63, 3.8) is 0 Å². The summed E-state index contributed by atoms with van der Waals surface area (Å²) >= 11 is 0. The predicted octanol–water partition coefficient (Wildman–Crippen LogP) is -0.0361. The molecule has 0 saturated heterocycles. The lowest BCUT2D eigenvalue weighted by atomic mass is 10.4. The van der Waals surface area contributed by atoms with Crippen LogP contribution in [-0.2, 0) is 10.0 Å². The maximum atomic E-state index is 10.4. The van der Waals surface area contributed by atoms with Crippen LogP contribution >= 0.6 is 0 Å². The van der Waals surface area contributed by atoms with Gasteiger partial charge >= 0.3 is 0 Å². The molecule has 0 aliphatic carbocycles. The van der Waals surface area contributed by atoms with E-state index in [0.717, 1.165) is 6.26 Å². The highest BCUT2D eigenvalue weighted by molar-refractivity contribution is 7.88. The molecule has 0 heterocycles. The van der Waals surface area contributed by atoms with E-state index < -0.39 is 10.0 Å².